The van der Waals surface area contributed by atoms with E-state index in [9.17, 15) is 18.5 Å². The molecule has 0 unspecified atom stereocenters. The molecule has 4 aromatic rings. The minimum Gasteiger partial charge on any atom is -0.489 e. The van der Waals surface area contributed by atoms with Crippen molar-refractivity contribution in [3.05, 3.63) is 87.8 Å². The maximum absolute atomic E-state index is 12.4. The quantitative estimate of drug-likeness (QED) is 0.191. The van der Waals surface area contributed by atoms with Gasteiger partial charge in [-0.1, -0.05) is 12.1 Å². The number of aromatic nitrogens is 3. The predicted molar refractivity (Wildman–Crippen MR) is 132 cm³/mol. The van der Waals surface area contributed by atoms with E-state index >= 15 is 0 Å². The van der Waals surface area contributed by atoms with Crippen molar-refractivity contribution in [1.29, 1.82) is 0 Å². The second kappa shape index (κ2) is 10.4. The molecule has 0 amide bonds. The first-order valence-corrected chi connectivity index (χ1v) is 12.6. The molecule has 0 radical (unpaired) electrons. The second-order valence-electron chi connectivity index (χ2n) is 7.19. The van der Waals surface area contributed by atoms with Crippen LogP contribution in [0, 0.1) is 17.0 Å². The van der Waals surface area contributed by atoms with Crippen LogP contribution in [0.15, 0.2) is 76.2 Å². The van der Waals surface area contributed by atoms with Crippen LogP contribution in [0.4, 0.5) is 16.6 Å². The predicted octanol–water partition coefficient (Wildman–Crippen LogP) is 4.19. The third-order valence-electron chi connectivity index (χ3n) is 4.83. The highest BCUT2D eigenvalue weighted by atomic mass is 32.2. The first-order chi connectivity index (χ1) is 16.8. The van der Waals surface area contributed by atoms with Gasteiger partial charge in [0.2, 0.25) is 0 Å². The molecule has 0 spiro atoms. The number of aliphatic imine (C=N–C) groups is 1. The number of nitrogens with one attached hydrogen (secondary N) is 1. The van der Waals surface area contributed by atoms with Gasteiger partial charge in [-0.15, -0.1) is 11.3 Å². The highest BCUT2D eigenvalue weighted by Crippen LogP contribution is 2.21. The lowest BCUT2D eigenvalue weighted by molar-refractivity contribution is -0.392. The van der Waals surface area contributed by atoms with Crippen molar-refractivity contribution in [2.24, 2.45) is 4.99 Å². The summed E-state index contributed by atoms with van der Waals surface area (Å²) in [5.41, 5.74) is 1.35. The Bertz CT molecular complexity index is 1450. The number of ether oxygens (including phenoxy) is 1. The summed E-state index contributed by atoms with van der Waals surface area (Å²) in [6.07, 6.45) is 4.38. The molecular formula is C22H20N6O5S2. The van der Waals surface area contributed by atoms with Crippen molar-refractivity contribution in [1.82, 2.24) is 14.5 Å². The number of benzene rings is 2. The fourth-order valence-electron chi connectivity index (χ4n) is 3.13. The Labute approximate surface area is 205 Å². The number of nitro groups is 1. The summed E-state index contributed by atoms with van der Waals surface area (Å²) in [4.78, 5) is 23.0. The summed E-state index contributed by atoms with van der Waals surface area (Å²) in [6.45, 7) is 2.21. The minimum absolute atomic E-state index is 0.0789. The molecule has 11 nitrogen and oxygen atoms in total. The van der Waals surface area contributed by atoms with Gasteiger partial charge in [-0.3, -0.25) is 9.71 Å². The molecule has 0 atom stereocenters. The fraction of sp³-hybridized carbons (Fsp3) is 0.136. The SMILES string of the molecule is Cc1ncc([N+](=O)[O-])n1CCOc1cccc(C=Nc2ccc(S(=O)(=O)Nc3nccs3)cc2)c1. The van der Waals surface area contributed by atoms with Crippen LogP contribution in [0.2, 0.25) is 0 Å². The number of aryl methyl sites for hydroxylation is 1. The van der Waals surface area contributed by atoms with E-state index in [4.69, 9.17) is 4.74 Å². The summed E-state index contributed by atoms with van der Waals surface area (Å²) in [6, 6.07) is 13.4. The molecule has 0 aliphatic rings. The Kier molecular flexibility index (Phi) is 7.17. The average molecular weight is 513 g/mol. The topological polar surface area (TPSA) is 142 Å². The Morgan fingerprint density at radius 3 is 2.74 bits per heavy atom. The summed E-state index contributed by atoms with van der Waals surface area (Å²) >= 11 is 1.19. The maximum Gasteiger partial charge on any atom is 0.342 e. The van der Waals surface area contributed by atoms with Crippen molar-refractivity contribution in [2.75, 3.05) is 11.3 Å². The van der Waals surface area contributed by atoms with E-state index in [-0.39, 0.29) is 23.9 Å². The Morgan fingerprint density at radius 1 is 1.23 bits per heavy atom. The van der Waals surface area contributed by atoms with E-state index in [2.05, 4.69) is 19.7 Å². The minimum atomic E-state index is -3.72. The van der Waals surface area contributed by atoms with Crippen LogP contribution in [0.3, 0.4) is 0 Å². The van der Waals surface area contributed by atoms with Crippen molar-refractivity contribution in [2.45, 2.75) is 18.4 Å². The number of thiazole rings is 1. The first kappa shape index (κ1) is 24.0. The lowest BCUT2D eigenvalue weighted by atomic mass is 10.2. The maximum atomic E-state index is 12.4. The van der Waals surface area contributed by atoms with Gasteiger partial charge < -0.3 is 14.9 Å². The van der Waals surface area contributed by atoms with Crippen LogP contribution in [-0.2, 0) is 16.6 Å². The van der Waals surface area contributed by atoms with E-state index in [1.165, 1.54) is 40.4 Å². The van der Waals surface area contributed by atoms with Crippen molar-refractivity contribution < 1.29 is 18.1 Å². The van der Waals surface area contributed by atoms with Gasteiger partial charge in [-0.05, 0) is 46.9 Å². The summed E-state index contributed by atoms with van der Waals surface area (Å²) in [5.74, 6) is 1.05. The van der Waals surface area contributed by atoms with Gasteiger partial charge in [0.1, 0.15) is 25.1 Å². The number of hydrogen-bond donors (Lipinski definition) is 1. The van der Waals surface area contributed by atoms with Crippen LogP contribution in [0.5, 0.6) is 5.75 Å². The lowest BCUT2D eigenvalue weighted by Crippen LogP contribution is -2.12. The summed E-state index contributed by atoms with van der Waals surface area (Å²) in [7, 11) is -3.72. The van der Waals surface area contributed by atoms with Gasteiger partial charge in [-0.25, -0.2) is 23.0 Å². The van der Waals surface area contributed by atoms with Crippen molar-refractivity contribution in [3.8, 4) is 5.75 Å². The largest absolute Gasteiger partial charge is 0.489 e. The van der Waals surface area contributed by atoms with Gasteiger partial charge in [0.05, 0.1) is 10.6 Å². The monoisotopic (exact) mass is 512 g/mol. The second-order valence-corrected chi connectivity index (χ2v) is 9.77. The van der Waals surface area contributed by atoms with Gasteiger partial charge in [0, 0.05) is 24.7 Å². The fourth-order valence-corrected chi connectivity index (χ4v) is 4.91. The smallest absolute Gasteiger partial charge is 0.342 e. The number of anilines is 1. The van der Waals surface area contributed by atoms with E-state index in [0.29, 0.717) is 22.4 Å². The van der Waals surface area contributed by atoms with Gasteiger partial charge in [0.25, 0.3) is 10.0 Å². The number of nitrogens with zero attached hydrogens (tertiary/aromatic N) is 5. The number of imidazole rings is 1. The molecule has 2 aromatic carbocycles. The number of sulfonamides is 1. The average Bonchev–Trinajstić information content (AvgIpc) is 3.48. The standard InChI is InChI=1S/C22H20N6O5S2/c1-16-24-15-21(28(29)30)27(16)10-11-33-19-4-2-3-17(13-19)14-25-18-5-7-20(8-6-18)35(31,32)26-22-23-9-12-34-22/h2-9,12-15H,10-11H2,1H3,(H,23,26). The van der Waals surface area contributed by atoms with Gasteiger partial charge in [-0.2, -0.15) is 0 Å². The molecule has 0 aliphatic heterocycles. The molecule has 35 heavy (non-hydrogen) atoms. The zero-order valence-corrected chi connectivity index (χ0v) is 20.1. The Balaban J connectivity index is 1.37. The van der Waals surface area contributed by atoms with Crippen LogP contribution in [0.1, 0.15) is 11.4 Å². The zero-order chi connectivity index (χ0) is 24.8. The van der Waals surface area contributed by atoms with Crippen molar-refractivity contribution in [3.63, 3.8) is 0 Å². The van der Waals surface area contributed by atoms with Crippen LogP contribution < -0.4 is 9.46 Å². The molecule has 0 bridgehead atoms. The Morgan fingerprint density at radius 2 is 2.03 bits per heavy atom. The third-order valence-corrected chi connectivity index (χ3v) is 7.00. The summed E-state index contributed by atoms with van der Waals surface area (Å²) in [5, 5.41) is 13.1. The molecular weight excluding hydrogens is 492 g/mol. The van der Waals surface area contributed by atoms with E-state index in [1.807, 2.05) is 12.1 Å². The molecule has 0 saturated heterocycles. The molecule has 180 valence electrons. The van der Waals surface area contributed by atoms with Crippen LogP contribution >= 0.6 is 11.3 Å². The molecule has 0 fully saturated rings. The molecule has 4 rings (SSSR count). The first-order valence-electron chi connectivity index (χ1n) is 10.3. The van der Waals surface area contributed by atoms with Gasteiger partial charge in [0.15, 0.2) is 11.0 Å². The summed E-state index contributed by atoms with van der Waals surface area (Å²) < 4.78 is 34.5. The normalized spacial score (nSPS) is 11.6. The number of hydrogen-bond acceptors (Lipinski definition) is 9. The van der Waals surface area contributed by atoms with Gasteiger partial charge >= 0.3 is 5.82 Å². The molecule has 2 heterocycles. The van der Waals surface area contributed by atoms with Crippen molar-refractivity contribution >= 4 is 44.2 Å². The highest BCUT2D eigenvalue weighted by molar-refractivity contribution is 7.93. The number of rotatable bonds is 10. The molecule has 0 aliphatic carbocycles. The van der Waals surface area contributed by atoms with E-state index in [0.717, 1.165) is 5.56 Å². The van der Waals surface area contributed by atoms with Crippen LogP contribution in [0.25, 0.3) is 0 Å². The van der Waals surface area contributed by atoms with E-state index in [1.54, 1.807) is 42.8 Å². The molecule has 1 N–H and O–H groups in total. The Hall–Kier alpha value is -4.10. The molecule has 13 heteroatoms. The third kappa shape index (κ3) is 6.07. The van der Waals surface area contributed by atoms with Crippen LogP contribution in [-0.4, -0.2) is 40.7 Å². The highest BCUT2D eigenvalue weighted by Gasteiger charge is 2.17. The zero-order valence-electron chi connectivity index (χ0n) is 18.4. The van der Waals surface area contributed by atoms with E-state index < -0.39 is 14.9 Å². The molecule has 2 aromatic heterocycles. The molecule has 0 saturated carbocycles. The lowest BCUT2D eigenvalue weighted by Gasteiger charge is -2.07.